The van der Waals surface area contributed by atoms with E-state index in [9.17, 15) is 9.59 Å². The molecule has 8 nitrogen and oxygen atoms in total. The van der Waals surface area contributed by atoms with E-state index < -0.39 is 11.5 Å². The lowest BCUT2D eigenvalue weighted by molar-refractivity contribution is -0.122. The van der Waals surface area contributed by atoms with Gasteiger partial charge in [0.05, 0.1) is 26.0 Å². The second kappa shape index (κ2) is 8.36. The molecule has 0 bridgehead atoms. The molecule has 1 atom stereocenters. The molecule has 1 aromatic carbocycles. The molecule has 2 aromatic rings. The van der Waals surface area contributed by atoms with Gasteiger partial charge >= 0.3 is 0 Å². The second-order valence-corrected chi connectivity index (χ2v) is 6.06. The first-order valence-corrected chi connectivity index (χ1v) is 8.32. The number of nitrogens with one attached hydrogen (secondary N) is 1. The molecule has 0 unspecified atom stereocenters. The van der Waals surface area contributed by atoms with Gasteiger partial charge < -0.3 is 14.8 Å². The highest BCUT2D eigenvalue weighted by atomic mass is 16.5. The molecule has 0 radical (unpaired) electrons. The van der Waals surface area contributed by atoms with Crippen LogP contribution in [0.15, 0.2) is 23.0 Å². The molecule has 1 heterocycles. The summed E-state index contributed by atoms with van der Waals surface area (Å²) in [6.07, 6.45) is 0. The van der Waals surface area contributed by atoms with E-state index in [1.54, 1.807) is 53.2 Å². The standard InChI is InChI=1S/C19H22N4O4/c1-11-12(2)22-23(19(25)16(11)9-20)10-18(24)21-13(3)15-8-14(26-4)6-7-17(15)27-5/h6-8,13H,10H2,1-5H3,(H,21,24)/t13-/m1/s1. The van der Waals surface area contributed by atoms with Crippen molar-refractivity contribution in [3.63, 3.8) is 0 Å². The Kier molecular flexibility index (Phi) is 6.19. The van der Waals surface area contributed by atoms with Gasteiger partial charge in [-0.2, -0.15) is 10.4 Å². The monoisotopic (exact) mass is 370 g/mol. The molecule has 1 amide bonds. The number of benzene rings is 1. The molecule has 1 N–H and O–H groups in total. The number of carbonyl (C=O) groups is 1. The minimum Gasteiger partial charge on any atom is -0.497 e. The smallest absolute Gasteiger partial charge is 0.285 e. The number of amides is 1. The number of carbonyl (C=O) groups excluding carboxylic acids is 1. The number of rotatable bonds is 6. The van der Waals surface area contributed by atoms with Crippen LogP contribution in [0.4, 0.5) is 0 Å². The molecule has 0 saturated heterocycles. The zero-order chi connectivity index (χ0) is 20.1. The van der Waals surface area contributed by atoms with Gasteiger partial charge in [-0.05, 0) is 44.5 Å². The Bertz CT molecular complexity index is 959. The number of hydrogen-bond acceptors (Lipinski definition) is 6. The SMILES string of the molecule is COc1ccc(OC)c([C@@H](C)NC(=O)Cn2nc(C)c(C)c(C#N)c2=O)c1. The van der Waals surface area contributed by atoms with Crippen LogP contribution in [-0.2, 0) is 11.3 Å². The Morgan fingerprint density at radius 2 is 2.04 bits per heavy atom. The molecule has 142 valence electrons. The average molecular weight is 370 g/mol. The molecule has 0 aliphatic heterocycles. The summed E-state index contributed by atoms with van der Waals surface area (Å²) in [5, 5.41) is 16.1. The van der Waals surface area contributed by atoms with E-state index in [1.807, 2.05) is 6.07 Å². The fraction of sp³-hybridized carbons (Fsp3) is 0.368. The van der Waals surface area contributed by atoms with Gasteiger partial charge in [0.15, 0.2) is 0 Å². The first-order chi connectivity index (χ1) is 12.8. The summed E-state index contributed by atoms with van der Waals surface area (Å²) in [6.45, 7) is 4.86. The highest BCUT2D eigenvalue weighted by Gasteiger charge is 2.18. The number of hydrogen-bond donors (Lipinski definition) is 1. The molecule has 0 aliphatic carbocycles. The summed E-state index contributed by atoms with van der Waals surface area (Å²) in [5.41, 5.74) is 1.21. The molecule has 0 fully saturated rings. The van der Waals surface area contributed by atoms with Crippen molar-refractivity contribution in [3.8, 4) is 17.6 Å². The fourth-order valence-corrected chi connectivity index (χ4v) is 2.69. The summed E-state index contributed by atoms with van der Waals surface area (Å²) >= 11 is 0. The van der Waals surface area contributed by atoms with E-state index in [0.717, 1.165) is 10.2 Å². The highest BCUT2D eigenvalue weighted by Crippen LogP contribution is 2.29. The van der Waals surface area contributed by atoms with Gasteiger partial charge in [-0.1, -0.05) is 0 Å². The van der Waals surface area contributed by atoms with Crippen LogP contribution < -0.4 is 20.3 Å². The maximum Gasteiger partial charge on any atom is 0.285 e. The van der Waals surface area contributed by atoms with E-state index >= 15 is 0 Å². The van der Waals surface area contributed by atoms with Crippen LogP contribution in [0.2, 0.25) is 0 Å². The summed E-state index contributed by atoms with van der Waals surface area (Å²) in [7, 11) is 3.10. The quantitative estimate of drug-likeness (QED) is 0.828. The van der Waals surface area contributed by atoms with Gasteiger partial charge in [-0.25, -0.2) is 4.68 Å². The summed E-state index contributed by atoms with van der Waals surface area (Å²) in [5.74, 6) is 0.837. The Morgan fingerprint density at radius 1 is 1.33 bits per heavy atom. The number of aryl methyl sites for hydroxylation is 1. The van der Waals surface area contributed by atoms with E-state index in [4.69, 9.17) is 14.7 Å². The van der Waals surface area contributed by atoms with Crippen LogP contribution >= 0.6 is 0 Å². The van der Waals surface area contributed by atoms with Crippen molar-refractivity contribution in [1.29, 1.82) is 5.26 Å². The maximum atomic E-state index is 12.4. The molecular weight excluding hydrogens is 348 g/mol. The molecule has 0 spiro atoms. The van der Waals surface area contributed by atoms with Crippen molar-refractivity contribution in [3.05, 3.63) is 50.9 Å². The third-order valence-electron chi connectivity index (χ3n) is 4.32. The Morgan fingerprint density at radius 3 is 2.63 bits per heavy atom. The normalized spacial score (nSPS) is 11.4. The van der Waals surface area contributed by atoms with E-state index in [0.29, 0.717) is 22.8 Å². The van der Waals surface area contributed by atoms with Gasteiger partial charge in [0.1, 0.15) is 29.7 Å². The van der Waals surface area contributed by atoms with E-state index in [2.05, 4.69) is 10.4 Å². The van der Waals surface area contributed by atoms with Gasteiger partial charge in [-0.3, -0.25) is 9.59 Å². The first-order valence-electron chi connectivity index (χ1n) is 8.32. The minimum absolute atomic E-state index is 0.00202. The number of ether oxygens (including phenoxy) is 2. The van der Waals surface area contributed by atoms with Crippen molar-refractivity contribution < 1.29 is 14.3 Å². The van der Waals surface area contributed by atoms with Gasteiger partial charge in [0.25, 0.3) is 5.56 Å². The zero-order valence-electron chi connectivity index (χ0n) is 16.0. The van der Waals surface area contributed by atoms with Crippen molar-refractivity contribution >= 4 is 5.91 Å². The average Bonchev–Trinajstić information content (AvgIpc) is 2.65. The summed E-state index contributed by atoms with van der Waals surface area (Å²) < 4.78 is 11.6. The van der Waals surface area contributed by atoms with Crippen molar-refractivity contribution in [1.82, 2.24) is 15.1 Å². The molecule has 8 heteroatoms. The van der Waals surface area contributed by atoms with Crippen LogP contribution in [0.3, 0.4) is 0 Å². The number of methoxy groups -OCH3 is 2. The van der Waals surface area contributed by atoms with E-state index in [-0.39, 0.29) is 18.2 Å². The second-order valence-electron chi connectivity index (χ2n) is 6.06. The fourth-order valence-electron chi connectivity index (χ4n) is 2.69. The van der Waals surface area contributed by atoms with Gasteiger partial charge in [0, 0.05) is 5.56 Å². The number of nitrogens with zero attached hydrogens (tertiary/aromatic N) is 3. The lowest BCUT2D eigenvalue weighted by atomic mass is 10.1. The largest absolute Gasteiger partial charge is 0.497 e. The van der Waals surface area contributed by atoms with E-state index in [1.165, 1.54) is 0 Å². The maximum absolute atomic E-state index is 12.4. The Hall–Kier alpha value is -3.34. The molecule has 0 saturated carbocycles. The molecular formula is C19H22N4O4. The van der Waals surface area contributed by atoms with Crippen molar-refractivity contribution in [2.24, 2.45) is 0 Å². The Labute approximate surface area is 157 Å². The molecule has 2 rings (SSSR count). The first kappa shape index (κ1) is 20.0. The topological polar surface area (TPSA) is 106 Å². The minimum atomic E-state index is -0.581. The highest BCUT2D eigenvalue weighted by molar-refractivity contribution is 5.76. The predicted molar refractivity (Wildman–Crippen MR) is 98.8 cm³/mol. The lowest BCUT2D eigenvalue weighted by Gasteiger charge is -2.18. The number of aromatic nitrogens is 2. The van der Waals surface area contributed by atoms with Gasteiger partial charge in [-0.15, -0.1) is 0 Å². The summed E-state index contributed by atoms with van der Waals surface area (Å²) in [6, 6.07) is 6.78. The molecule has 27 heavy (non-hydrogen) atoms. The van der Waals surface area contributed by atoms with Crippen LogP contribution in [0.25, 0.3) is 0 Å². The lowest BCUT2D eigenvalue weighted by Crippen LogP contribution is -2.36. The van der Waals surface area contributed by atoms with Crippen LogP contribution in [0, 0.1) is 25.2 Å². The Balaban J connectivity index is 2.23. The van der Waals surface area contributed by atoms with Gasteiger partial charge in [0.2, 0.25) is 5.91 Å². The van der Waals surface area contributed by atoms with Crippen molar-refractivity contribution in [2.75, 3.05) is 14.2 Å². The van der Waals surface area contributed by atoms with Crippen LogP contribution in [0.1, 0.15) is 35.3 Å². The molecule has 0 aliphatic rings. The number of nitriles is 1. The summed E-state index contributed by atoms with van der Waals surface area (Å²) in [4.78, 5) is 24.7. The zero-order valence-corrected chi connectivity index (χ0v) is 16.0. The third kappa shape index (κ3) is 4.26. The van der Waals surface area contributed by atoms with Crippen molar-refractivity contribution in [2.45, 2.75) is 33.4 Å². The predicted octanol–water partition coefficient (Wildman–Crippen LogP) is 1.63. The third-order valence-corrected chi connectivity index (χ3v) is 4.32. The van der Waals surface area contributed by atoms with Crippen LogP contribution in [0.5, 0.6) is 11.5 Å². The van der Waals surface area contributed by atoms with Crippen LogP contribution in [-0.4, -0.2) is 29.9 Å². The molecule has 1 aromatic heterocycles.